The van der Waals surface area contributed by atoms with Gasteiger partial charge in [0.05, 0.1) is 16.4 Å². The molecule has 0 amide bonds. The molecule has 1 aliphatic rings. The van der Waals surface area contributed by atoms with Crippen LogP contribution in [0.5, 0.6) is 0 Å². The normalized spacial score (nSPS) is 16.6. The summed E-state index contributed by atoms with van der Waals surface area (Å²) in [6.07, 6.45) is 1.50. The summed E-state index contributed by atoms with van der Waals surface area (Å²) < 4.78 is 0. The van der Waals surface area contributed by atoms with E-state index in [0.717, 1.165) is 29.4 Å². The van der Waals surface area contributed by atoms with Crippen molar-refractivity contribution < 1.29 is 9.90 Å². The maximum Gasteiger partial charge on any atom is 0.323 e. The number of carbonyl (C=O) groups is 1. The molecule has 0 radical (unpaired) electrons. The van der Waals surface area contributed by atoms with E-state index in [-0.39, 0.29) is 5.69 Å². The Kier molecular flexibility index (Phi) is 2.67. The highest BCUT2D eigenvalue weighted by molar-refractivity contribution is 5.78. The zero-order chi connectivity index (χ0) is 13.5. The first-order chi connectivity index (χ1) is 9.09. The van der Waals surface area contributed by atoms with Crippen molar-refractivity contribution in [1.29, 1.82) is 0 Å². The van der Waals surface area contributed by atoms with Gasteiger partial charge in [-0.1, -0.05) is 6.07 Å². The molecule has 1 aromatic carbocycles. The van der Waals surface area contributed by atoms with E-state index in [1.165, 1.54) is 0 Å². The van der Waals surface area contributed by atoms with Gasteiger partial charge >= 0.3 is 11.7 Å². The Morgan fingerprint density at radius 2 is 2.05 bits per heavy atom. The van der Waals surface area contributed by atoms with Gasteiger partial charge in [0.1, 0.15) is 0 Å². The Labute approximate surface area is 108 Å². The minimum atomic E-state index is -0.717. The summed E-state index contributed by atoms with van der Waals surface area (Å²) in [7, 11) is 0. The van der Waals surface area contributed by atoms with E-state index in [0.29, 0.717) is 13.1 Å². The summed E-state index contributed by atoms with van der Waals surface area (Å²) in [4.78, 5) is 27.5. The van der Waals surface area contributed by atoms with Crippen LogP contribution in [-0.4, -0.2) is 27.6 Å². The number of fused-ring (bicyclic) bond motifs is 1. The van der Waals surface area contributed by atoms with Crippen LogP contribution in [0.4, 0.5) is 0 Å². The van der Waals surface area contributed by atoms with Crippen molar-refractivity contribution in [2.45, 2.75) is 19.4 Å². The molecule has 19 heavy (non-hydrogen) atoms. The summed E-state index contributed by atoms with van der Waals surface area (Å²) in [5.74, 6) is -0.717. The lowest BCUT2D eigenvalue weighted by molar-refractivity contribution is -0.143. The predicted octanol–water partition coefficient (Wildman–Crippen LogP) is 0.811. The first kappa shape index (κ1) is 12.0. The Morgan fingerprint density at radius 3 is 2.74 bits per heavy atom. The molecule has 0 aliphatic heterocycles. The van der Waals surface area contributed by atoms with Crippen LogP contribution in [0.15, 0.2) is 23.0 Å². The minimum absolute atomic E-state index is 0.220. The first-order valence-corrected chi connectivity index (χ1v) is 6.24. The highest BCUT2D eigenvalue weighted by Gasteiger charge is 2.49. The van der Waals surface area contributed by atoms with Crippen LogP contribution in [0.1, 0.15) is 18.4 Å². The molecule has 0 atom stereocenters. The van der Waals surface area contributed by atoms with Crippen LogP contribution >= 0.6 is 0 Å². The van der Waals surface area contributed by atoms with E-state index in [1.54, 1.807) is 0 Å². The Bertz CT molecular complexity index is 682. The molecular formula is C13H15N3O3. The summed E-state index contributed by atoms with van der Waals surface area (Å²) in [6, 6.07) is 5.65. The molecule has 0 saturated heterocycles. The number of carboxylic acids is 1. The number of hydrogen-bond donors (Lipinski definition) is 4. The second-order valence-corrected chi connectivity index (χ2v) is 5.15. The Morgan fingerprint density at radius 1 is 1.32 bits per heavy atom. The first-order valence-electron chi connectivity index (χ1n) is 6.24. The predicted molar refractivity (Wildman–Crippen MR) is 69.9 cm³/mol. The fraction of sp³-hybridized carbons (Fsp3) is 0.385. The van der Waals surface area contributed by atoms with Crippen molar-refractivity contribution in [3.63, 3.8) is 0 Å². The van der Waals surface area contributed by atoms with Gasteiger partial charge in [-0.3, -0.25) is 4.79 Å². The number of benzene rings is 1. The lowest BCUT2D eigenvalue weighted by Gasteiger charge is -2.11. The highest BCUT2D eigenvalue weighted by atomic mass is 16.4. The lowest BCUT2D eigenvalue weighted by atomic mass is 10.1. The largest absolute Gasteiger partial charge is 0.481 e. The van der Waals surface area contributed by atoms with Crippen LogP contribution in [-0.2, 0) is 11.3 Å². The third kappa shape index (κ3) is 2.26. The molecule has 0 bridgehead atoms. The van der Waals surface area contributed by atoms with Crippen LogP contribution in [0.2, 0.25) is 0 Å². The van der Waals surface area contributed by atoms with Crippen molar-refractivity contribution >= 4 is 17.0 Å². The molecule has 3 rings (SSSR count). The second kappa shape index (κ2) is 4.24. The van der Waals surface area contributed by atoms with E-state index in [2.05, 4.69) is 15.3 Å². The number of hydrogen-bond acceptors (Lipinski definition) is 3. The van der Waals surface area contributed by atoms with Crippen LogP contribution < -0.4 is 11.0 Å². The van der Waals surface area contributed by atoms with E-state index in [9.17, 15) is 9.59 Å². The molecule has 6 heteroatoms. The summed E-state index contributed by atoms with van der Waals surface area (Å²) >= 11 is 0. The van der Waals surface area contributed by atoms with Crippen molar-refractivity contribution in [3.8, 4) is 0 Å². The molecule has 6 nitrogen and oxygen atoms in total. The van der Waals surface area contributed by atoms with Crippen LogP contribution in [0, 0.1) is 5.41 Å². The molecule has 1 fully saturated rings. The van der Waals surface area contributed by atoms with Gasteiger partial charge < -0.3 is 20.4 Å². The third-order valence-corrected chi connectivity index (χ3v) is 3.68. The maximum absolute atomic E-state index is 11.1. The molecule has 1 aromatic heterocycles. The van der Waals surface area contributed by atoms with E-state index in [4.69, 9.17) is 5.11 Å². The average molecular weight is 261 g/mol. The Hall–Kier alpha value is -2.08. The Balaban J connectivity index is 1.65. The summed E-state index contributed by atoms with van der Waals surface area (Å²) in [5, 5.41) is 12.2. The third-order valence-electron chi connectivity index (χ3n) is 3.68. The molecule has 0 unspecified atom stereocenters. The second-order valence-electron chi connectivity index (χ2n) is 5.15. The van der Waals surface area contributed by atoms with Crippen LogP contribution in [0.3, 0.4) is 0 Å². The van der Waals surface area contributed by atoms with E-state index >= 15 is 0 Å². The van der Waals surface area contributed by atoms with Crippen LogP contribution in [0.25, 0.3) is 11.0 Å². The topological polar surface area (TPSA) is 98.0 Å². The van der Waals surface area contributed by atoms with Gasteiger partial charge in [0.15, 0.2) is 0 Å². The summed E-state index contributed by atoms with van der Waals surface area (Å²) in [6.45, 7) is 1.09. The number of aliphatic carboxylic acids is 1. The number of H-pyrrole nitrogens is 2. The van der Waals surface area contributed by atoms with Crippen molar-refractivity contribution in [2.75, 3.05) is 6.54 Å². The number of imidazole rings is 1. The van der Waals surface area contributed by atoms with Crippen molar-refractivity contribution in [1.82, 2.24) is 15.3 Å². The molecule has 4 N–H and O–H groups in total. The SMILES string of the molecule is O=C(O)C1(CNCc2ccc3[nH]c(=O)[nH]c3c2)CC1. The monoisotopic (exact) mass is 261 g/mol. The number of rotatable bonds is 5. The van der Waals surface area contributed by atoms with Gasteiger partial charge in [-0.25, -0.2) is 4.79 Å². The van der Waals surface area contributed by atoms with Gasteiger partial charge in [0, 0.05) is 13.1 Å². The van der Waals surface area contributed by atoms with E-state index < -0.39 is 11.4 Å². The molecule has 0 spiro atoms. The number of nitrogens with one attached hydrogen (secondary N) is 3. The van der Waals surface area contributed by atoms with Gasteiger partial charge in [-0.05, 0) is 30.5 Å². The lowest BCUT2D eigenvalue weighted by Crippen LogP contribution is -2.29. The number of aromatic nitrogens is 2. The molecule has 100 valence electrons. The van der Waals surface area contributed by atoms with Crippen molar-refractivity contribution in [3.05, 3.63) is 34.2 Å². The summed E-state index contributed by atoms with van der Waals surface area (Å²) in [5.41, 5.74) is 1.79. The molecule has 2 aromatic rings. The molecule has 1 saturated carbocycles. The zero-order valence-electron chi connectivity index (χ0n) is 10.3. The smallest absolute Gasteiger partial charge is 0.323 e. The zero-order valence-corrected chi connectivity index (χ0v) is 10.3. The van der Waals surface area contributed by atoms with Gasteiger partial charge in [0.25, 0.3) is 0 Å². The minimum Gasteiger partial charge on any atom is -0.481 e. The maximum atomic E-state index is 11.1. The standard InChI is InChI=1S/C13H15N3O3/c17-11(18)13(3-4-13)7-14-6-8-1-2-9-10(5-8)16-12(19)15-9/h1-2,5,14H,3-4,6-7H2,(H,17,18)(H2,15,16,19). The molecule has 1 heterocycles. The van der Waals surface area contributed by atoms with E-state index in [1.807, 2.05) is 18.2 Å². The van der Waals surface area contributed by atoms with Gasteiger partial charge in [-0.2, -0.15) is 0 Å². The fourth-order valence-corrected chi connectivity index (χ4v) is 2.25. The molecule has 1 aliphatic carbocycles. The van der Waals surface area contributed by atoms with Crippen molar-refractivity contribution in [2.24, 2.45) is 5.41 Å². The van der Waals surface area contributed by atoms with Gasteiger partial charge in [-0.15, -0.1) is 0 Å². The fourth-order valence-electron chi connectivity index (χ4n) is 2.25. The number of carboxylic acid groups (broad SMARTS) is 1. The number of aromatic amines is 2. The average Bonchev–Trinajstić information content (AvgIpc) is 3.05. The molecular weight excluding hydrogens is 246 g/mol. The highest BCUT2D eigenvalue weighted by Crippen LogP contribution is 2.45. The van der Waals surface area contributed by atoms with Gasteiger partial charge in [0.2, 0.25) is 0 Å². The quantitative estimate of drug-likeness (QED) is 0.640.